The number of phenols is 1. The third-order valence-corrected chi connectivity index (χ3v) is 2.69. The zero-order valence-electron chi connectivity index (χ0n) is 9.77. The van der Waals surface area contributed by atoms with Crippen LogP contribution in [-0.4, -0.2) is 35.7 Å². The monoisotopic (exact) mass is 223 g/mol. The van der Waals surface area contributed by atoms with E-state index in [9.17, 15) is 9.90 Å². The molecule has 4 heteroatoms. The lowest BCUT2D eigenvalue weighted by atomic mass is 10.1. The first-order valence-electron chi connectivity index (χ1n) is 5.15. The molecule has 4 nitrogen and oxygen atoms in total. The molecule has 88 valence electrons. The summed E-state index contributed by atoms with van der Waals surface area (Å²) in [5.41, 5.74) is 1.08. The Balaban J connectivity index is 3.01. The van der Waals surface area contributed by atoms with Crippen molar-refractivity contribution in [2.24, 2.45) is 0 Å². The number of aliphatic hydroxyl groups is 1. The lowest BCUT2D eigenvalue weighted by molar-refractivity contribution is 0.101. The molecule has 0 aromatic heterocycles. The molecule has 0 saturated heterocycles. The van der Waals surface area contributed by atoms with Gasteiger partial charge in [0.15, 0.2) is 5.78 Å². The molecule has 0 bridgehead atoms. The molecule has 1 aromatic rings. The van der Waals surface area contributed by atoms with Crippen LogP contribution in [0.3, 0.4) is 0 Å². The van der Waals surface area contributed by atoms with Crippen LogP contribution in [0.5, 0.6) is 5.75 Å². The second-order valence-corrected chi connectivity index (χ2v) is 3.90. The van der Waals surface area contributed by atoms with Crippen molar-refractivity contribution in [2.45, 2.75) is 19.9 Å². The van der Waals surface area contributed by atoms with Crippen molar-refractivity contribution in [3.63, 3.8) is 0 Å². The first-order chi connectivity index (χ1) is 7.47. The standard InChI is InChI=1S/C12H17NO3/c1-8(7-14)13(3)10-4-5-11(9(2)15)12(16)6-10/h4-6,8,14,16H,7H2,1-3H3. The molecule has 0 spiro atoms. The van der Waals surface area contributed by atoms with Crippen molar-refractivity contribution < 1.29 is 15.0 Å². The number of likely N-dealkylation sites (N-methyl/N-ethyl adjacent to an activating group) is 1. The lowest BCUT2D eigenvalue weighted by Gasteiger charge is -2.25. The Bertz CT molecular complexity index is 390. The van der Waals surface area contributed by atoms with Crippen LogP contribution in [0, 0.1) is 0 Å². The van der Waals surface area contributed by atoms with E-state index in [1.165, 1.54) is 13.0 Å². The minimum atomic E-state index is -0.165. The largest absolute Gasteiger partial charge is 0.507 e. The summed E-state index contributed by atoms with van der Waals surface area (Å²) in [5.74, 6) is -0.191. The molecule has 0 heterocycles. The number of aliphatic hydroxyl groups excluding tert-OH is 1. The molecule has 0 radical (unpaired) electrons. The van der Waals surface area contributed by atoms with E-state index in [1.54, 1.807) is 12.1 Å². The number of carbonyl (C=O) groups excluding carboxylic acids is 1. The normalized spacial score (nSPS) is 12.2. The van der Waals surface area contributed by atoms with Crippen LogP contribution in [-0.2, 0) is 0 Å². The minimum Gasteiger partial charge on any atom is -0.507 e. The number of ketones is 1. The maximum Gasteiger partial charge on any atom is 0.163 e. The fourth-order valence-corrected chi connectivity index (χ4v) is 1.41. The molecular weight excluding hydrogens is 206 g/mol. The number of hydrogen-bond acceptors (Lipinski definition) is 4. The number of phenolic OH excluding ortho intramolecular Hbond substituents is 1. The van der Waals surface area contributed by atoms with Gasteiger partial charge >= 0.3 is 0 Å². The highest BCUT2D eigenvalue weighted by Gasteiger charge is 2.12. The van der Waals surface area contributed by atoms with Gasteiger partial charge in [-0.3, -0.25) is 4.79 Å². The molecule has 1 atom stereocenters. The van der Waals surface area contributed by atoms with Crippen molar-refractivity contribution in [1.29, 1.82) is 0 Å². The third kappa shape index (κ3) is 2.52. The SMILES string of the molecule is CC(=O)c1ccc(N(C)C(C)CO)cc1O. The highest BCUT2D eigenvalue weighted by Crippen LogP contribution is 2.25. The Morgan fingerprint density at radius 1 is 1.50 bits per heavy atom. The van der Waals surface area contributed by atoms with Gasteiger partial charge in [-0.15, -0.1) is 0 Å². The van der Waals surface area contributed by atoms with E-state index in [1.807, 2.05) is 18.9 Å². The Morgan fingerprint density at radius 2 is 2.12 bits per heavy atom. The summed E-state index contributed by atoms with van der Waals surface area (Å²) in [6.45, 7) is 3.32. The predicted molar refractivity (Wildman–Crippen MR) is 63.1 cm³/mol. The number of rotatable bonds is 4. The predicted octanol–water partition coefficient (Wildman–Crippen LogP) is 1.41. The van der Waals surface area contributed by atoms with Gasteiger partial charge < -0.3 is 15.1 Å². The first kappa shape index (κ1) is 12.5. The quantitative estimate of drug-likeness (QED) is 0.758. The molecule has 2 N–H and O–H groups in total. The van der Waals surface area contributed by atoms with Crippen LogP contribution in [0.15, 0.2) is 18.2 Å². The number of benzene rings is 1. The van der Waals surface area contributed by atoms with E-state index < -0.39 is 0 Å². The van der Waals surface area contributed by atoms with Crippen LogP contribution >= 0.6 is 0 Å². The summed E-state index contributed by atoms with van der Waals surface area (Å²) in [6.07, 6.45) is 0. The van der Waals surface area contributed by atoms with Crippen molar-refractivity contribution in [2.75, 3.05) is 18.6 Å². The summed E-state index contributed by atoms with van der Waals surface area (Å²) in [5, 5.41) is 18.7. The van der Waals surface area contributed by atoms with Crippen LogP contribution in [0.2, 0.25) is 0 Å². The zero-order valence-corrected chi connectivity index (χ0v) is 9.77. The van der Waals surface area contributed by atoms with Crippen LogP contribution in [0.25, 0.3) is 0 Å². The van der Waals surface area contributed by atoms with Gasteiger partial charge in [0.2, 0.25) is 0 Å². The van der Waals surface area contributed by atoms with Gasteiger partial charge in [-0.05, 0) is 26.0 Å². The van der Waals surface area contributed by atoms with E-state index in [0.29, 0.717) is 5.56 Å². The Labute approximate surface area is 95.1 Å². The number of anilines is 1. The van der Waals surface area contributed by atoms with Crippen molar-refractivity contribution >= 4 is 11.5 Å². The maximum absolute atomic E-state index is 11.1. The molecule has 0 aliphatic heterocycles. The summed E-state index contributed by atoms with van der Waals surface area (Å²) in [7, 11) is 1.82. The molecule has 1 rings (SSSR count). The highest BCUT2D eigenvalue weighted by molar-refractivity contribution is 5.97. The average molecular weight is 223 g/mol. The topological polar surface area (TPSA) is 60.8 Å². The fourth-order valence-electron chi connectivity index (χ4n) is 1.41. The van der Waals surface area contributed by atoms with Crippen molar-refractivity contribution in [3.05, 3.63) is 23.8 Å². The Hall–Kier alpha value is -1.55. The minimum absolute atomic E-state index is 0.0259. The third-order valence-electron chi connectivity index (χ3n) is 2.69. The molecule has 0 aliphatic carbocycles. The molecule has 1 unspecified atom stereocenters. The molecule has 1 aromatic carbocycles. The van der Waals surface area contributed by atoms with Crippen LogP contribution < -0.4 is 4.90 Å². The van der Waals surface area contributed by atoms with Gasteiger partial charge in [-0.1, -0.05) is 0 Å². The first-order valence-corrected chi connectivity index (χ1v) is 5.15. The Morgan fingerprint density at radius 3 is 2.56 bits per heavy atom. The van der Waals surface area contributed by atoms with Gasteiger partial charge in [0.1, 0.15) is 5.75 Å². The van der Waals surface area contributed by atoms with Crippen LogP contribution in [0.4, 0.5) is 5.69 Å². The summed E-state index contributed by atoms with van der Waals surface area (Å²) in [6, 6.07) is 4.83. The van der Waals surface area contributed by atoms with Crippen molar-refractivity contribution in [1.82, 2.24) is 0 Å². The number of Topliss-reactive ketones (excluding diaryl/α,β-unsaturated/α-hetero) is 1. The molecule has 0 aliphatic rings. The second-order valence-electron chi connectivity index (χ2n) is 3.90. The van der Waals surface area contributed by atoms with Crippen LogP contribution in [0.1, 0.15) is 24.2 Å². The fraction of sp³-hybridized carbons (Fsp3) is 0.417. The second kappa shape index (κ2) is 4.99. The van der Waals surface area contributed by atoms with E-state index in [2.05, 4.69) is 0 Å². The molecular formula is C12H17NO3. The Kier molecular flexibility index (Phi) is 3.90. The zero-order chi connectivity index (χ0) is 12.3. The number of nitrogens with zero attached hydrogens (tertiary/aromatic N) is 1. The molecule has 0 fully saturated rings. The maximum atomic E-state index is 11.1. The average Bonchev–Trinajstić information content (AvgIpc) is 2.26. The molecule has 0 amide bonds. The summed E-state index contributed by atoms with van der Waals surface area (Å²) >= 11 is 0. The van der Waals surface area contributed by atoms with Crippen molar-refractivity contribution in [3.8, 4) is 5.75 Å². The van der Waals surface area contributed by atoms with Gasteiger partial charge in [0, 0.05) is 24.8 Å². The highest BCUT2D eigenvalue weighted by atomic mass is 16.3. The van der Waals surface area contributed by atoms with Gasteiger partial charge in [0.05, 0.1) is 12.2 Å². The summed E-state index contributed by atoms with van der Waals surface area (Å²) in [4.78, 5) is 13.0. The van der Waals surface area contributed by atoms with Gasteiger partial charge in [0.25, 0.3) is 0 Å². The number of hydrogen-bond donors (Lipinski definition) is 2. The van der Waals surface area contributed by atoms with E-state index in [-0.39, 0.29) is 24.2 Å². The number of aromatic hydroxyl groups is 1. The van der Waals surface area contributed by atoms with E-state index >= 15 is 0 Å². The van der Waals surface area contributed by atoms with E-state index in [4.69, 9.17) is 5.11 Å². The number of carbonyl (C=O) groups is 1. The molecule has 16 heavy (non-hydrogen) atoms. The smallest absolute Gasteiger partial charge is 0.163 e. The van der Waals surface area contributed by atoms with Gasteiger partial charge in [-0.2, -0.15) is 0 Å². The summed E-state index contributed by atoms with van der Waals surface area (Å²) < 4.78 is 0. The van der Waals surface area contributed by atoms with Gasteiger partial charge in [-0.25, -0.2) is 0 Å². The lowest BCUT2D eigenvalue weighted by Crippen LogP contribution is -2.31. The van der Waals surface area contributed by atoms with E-state index in [0.717, 1.165) is 5.69 Å². The molecule has 0 saturated carbocycles.